The zero-order valence-electron chi connectivity index (χ0n) is 30.5. The summed E-state index contributed by atoms with van der Waals surface area (Å²) in [4.78, 5) is 34.7. The van der Waals surface area contributed by atoms with Gasteiger partial charge in [0.2, 0.25) is 26.1 Å². The maximum atomic E-state index is 14.5. The van der Waals surface area contributed by atoms with Crippen LogP contribution in [0.2, 0.25) is 0 Å². The molecule has 2 heterocycles. The normalized spacial score (nSPS) is 13.1. The number of benzene rings is 2. The number of carbonyl (C=O) groups excluding carboxylic acids is 2. The van der Waals surface area contributed by atoms with Gasteiger partial charge in [-0.15, -0.1) is 0 Å². The van der Waals surface area contributed by atoms with Crippen LogP contribution in [0, 0.1) is 23.5 Å². The molecule has 2 aromatic carbocycles. The number of urea groups is 1. The largest absolute Gasteiger partial charge is 0.332 e. The molecule has 0 atom stereocenters. The van der Waals surface area contributed by atoms with Gasteiger partial charge in [-0.3, -0.25) is 9.97 Å². The van der Waals surface area contributed by atoms with Gasteiger partial charge < -0.3 is 5.32 Å². The Bertz CT molecular complexity index is 2230. The number of carbonyl (C=O) groups is 1. The summed E-state index contributed by atoms with van der Waals surface area (Å²) < 4.78 is 75.2. The molecule has 0 unspecified atom stereocenters. The average molecular weight is 783 g/mol. The minimum absolute atomic E-state index is 0.0764. The molecule has 4 aromatic rings. The van der Waals surface area contributed by atoms with E-state index >= 15 is 0 Å². The van der Waals surface area contributed by atoms with Crippen molar-refractivity contribution in [3.8, 4) is 22.3 Å². The molecule has 54 heavy (non-hydrogen) atoms. The van der Waals surface area contributed by atoms with Gasteiger partial charge in [0.25, 0.3) is 0 Å². The van der Waals surface area contributed by atoms with Gasteiger partial charge in [-0.1, -0.05) is 27.7 Å². The van der Waals surface area contributed by atoms with Crippen LogP contribution in [-0.2, 0) is 50.5 Å². The molecule has 2 aliphatic carbocycles. The van der Waals surface area contributed by atoms with Gasteiger partial charge in [0.15, 0.2) is 0 Å². The Kier molecular flexibility index (Phi) is 14.3. The number of primary sulfonamides is 1. The van der Waals surface area contributed by atoms with Gasteiger partial charge in [-0.05, 0) is 120 Å². The van der Waals surface area contributed by atoms with Gasteiger partial charge >= 0.3 is 6.03 Å². The summed E-state index contributed by atoms with van der Waals surface area (Å²) >= 11 is 0. The first-order valence-corrected chi connectivity index (χ1v) is 20.8. The third-order valence-electron chi connectivity index (χ3n) is 8.41. The van der Waals surface area contributed by atoms with Gasteiger partial charge in [0, 0.05) is 35.9 Å². The molecule has 0 saturated carbocycles. The summed E-state index contributed by atoms with van der Waals surface area (Å²) in [6.07, 6.45) is 12.4. The highest BCUT2D eigenvalue weighted by molar-refractivity contribution is 7.90. The highest BCUT2D eigenvalue weighted by Crippen LogP contribution is 2.41. The van der Waals surface area contributed by atoms with Crippen LogP contribution in [-0.4, -0.2) is 50.4 Å². The molecule has 0 fully saturated rings. The molecule has 288 valence electrons. The molecule has 6 rings (SSSR count). The van der Waals surface area contributed by atoms with Gasteiger partial charge in [-0.25, -0.2) is 45.1 Å². The number of nitrogens with one attached hydrogen (secondary N) is 2. The second kappa shape index (κ2) is 18.4. The van der Waals surface area contributed by atoms with E-state index in [0.717, 1.165) is 36.0 Å². The number of anilines is 1. The summed E-state index contributed by atoms with van der Waals surface area (Å²) in [6.45, 7) is 7.13. The average Bonchev–Trinajstić information content (AvgIpc) is 3.79. The fourth-order valence-corrected chi connectivity index (χ4v) is 8.72. The summed E-state index contributed by atoms with van der Waals surface area (Å²) in [5.41, 5.74) is 6.46. The number of amides is 2. The van der Waals surface area contributed by atoms with Crippen LogP contribution < -0.4 is 15.2 Å². The van der Waals surface area contributed by atoms with E-state index in [1.807, 2.05) is 18.6 Å². The number of aliphatic imine (C=N–C) groups is 1. The molecular formula is C38H44F2N6O6S2. The number of sulfonamides is 2. The Morgan fingerprint density at radius 3 is 1.72 bits per heavy atom. The zero-order chi connectivity index (χ0) is 39.6. The molecule has 0 saturated heterocycles. The second-order valence-electron chi connectivity index (χ2n) is 13.8. The van der Waals surface area contributed by atoms with Crippen LogP contribution in [0.5, 0.6) is 0 Å². The van der Waals surface area contributed by atoms with E-state index in [4.69, 9.17) is 5.14 Å². The lowest BCUT2D eigenvalue weighted by molar-refractivity contribution is 0.256. The van der Waals surface area contributed by atoms with Crippen molar-refractivity contribution >= 4 is 43.5 Å². The molecular weight excluding hydrogens is 739 g/mol. The Labute approximate surface area is 314 Å². The van der Waals surface area contributed by atoms with E-state index in [2.05, 4.69) is 20.3 Å². The quantitative estimate of drug-likeness (QED) is 0.123. The number of nitrogens with two attached hydrogens (primary N) is 1. The van der Waals surface area contributed by atoms with E-state index in [1.165, 1.54) is 12.1 Å². The van der Waals surface area contributed by atoms with Crippen LogP contribution in [0.3, 0.4) is 0 Å². The van der Waals surface area contributed by atoms with Crippen molar-refractivity contribution in [2.45, 2.75) is 66.2 Å². The lowest BCUT2D eigenvalue weighted by Crippen LogP contribution is -2.37. The first-order chi connectivity index (χ1) is 25.5. The van der Waals surface area contributed by atoms with E-state index in [9.17, 15) is 35.2 Å². The predicted molar refractivity (Wildman–Crippen MR) is 205 cm³/mol. The predicted octanol–water partition coefficient (Wildman–Crippen LogP) is 6.76. The van der Waals surface area contributed by atoms with Crippen LogP contribution in [0.25, 0.3) is 22.3 Å². The molecule has 0 aliphatic heterocycles. The van der Waals surface area contributed by atoms with Gasteiger partial charge in [0.1, 0.15) is 11.6 Å². The Morgan fingerprint density at radius 2 is 1.24 bits per heavy atom. The Hall–Kier alpha value is -4.89. The number of nitrogens with zero attached hydrogens (tertiary/aromatic N) is 3. The van der Waals surface area contributed by atoms with Crippen molar-refractivity contribution in [1.82, 2.24) is 14.7 Å². The molecule has 4 N–H and O–H groups in total. The van der Waals surface area contributed by atoms with Crippen molar-refractivity contribution in [3.63, 3.8) is 0 Å². The molecule has 0 radical (unpaired) electrons. The number of isocyanates is 1. The van der Waals surface area contributed by atoms with Gasteiger partial charge in [0.05, 0.1) is 22.9 Å². The standard InChI is InChI=1S/C19H22FN3O3S.C15H11FN2O.C4H11NO2S/c1-12(2)11-27(25,26)23-19(24)22-18-15-5-3-4-14(15)17(20)10-16(18)13-6-8-21-9-7-13;16-14-8-13(10-4-6-17-7-5-10)15(18-9-19)12-3-1-2-11(12)14;1-4(2)3-8(5,6)7/h6-10,12H,3-5,11H2,1-2H3,(H2,22,23,24);4-8H,1-3H2;4H,3H2,1-2H3,(H2,5,6,7). The van der Waals surface area contributed by atoms with Crippen molar-refractivity contribution in [3.05, 3.63) is 95.1 Å². The van der Waals surface area contributed by atoms with Crippen LogP contribution in [0.1, 0.15) is 62.8 Å². The smallest absolute Gasteiger partial charge is 0.306 e. The van der Waals surface area contributed by atoms with Crippen LogP contribution >= 0.6 is 0 Å². The SMILES string of the molecule is CC(C)CS(=O)(=O)NC(=O)Nc1c(-c2ccncc2)cc(F)c2c1CCC2.CC(C)CS(N)(=O)=O.O=C=Nc1c(-c2ccncc2)cc(F)c2c1CCC2. The van der Waals surface area contributed by atoms with Crippen molar-refractivity contribution in [1.29, 1.82) is 0 Å². The number of fused-ring (bicyclic) bond motifs is 2. The number of rotatable bonds is 9. The third-order valence-corrected chi connectivity index (χ3v) is 11.1. The minimum Gasteiger partial charge on any atom is -0.306 e. The van der Waals surface area contributed by atoms with Crippen molar-refractivity contribution < 1.29 is 35.2 Å². The highest BCUT2D eigenvalue weighted by Gasteiger charge is 2.26. The Balaban J connectivity index is 0.000000208. The monoisotopic (exact) mass is 782 g/mol. The maximum Gasteiger partial charge on any atom is 0.332 e. The van der Waals surface area contributed by atoms with E-state index in [0.29, 0.717) is 58.5 Å². The summed E-state index contributed by atoms with van der Waals surface area (Å²) in [6, 6.07) is 8.99. The highest BCUT2D eigenvalue weighted by atomic mass is 32.2. The number of hydrogen-bond donors (Lipinski definition) is 3. The summed E-state index contributed by atoms with van der Waals surface area (Å²) in [5, 5.41) is 7.36. The fourth-order valence-electron chi connectivity index (χ4n) is 6.50. The molecule has 2 amide bonds. The van der Waals surface area contributed by atoms with Crippen LogP contribution in [0.4, 0.5) is 25.0 Å². The molecule has 0 spiro atoms. The molecule has 16 heteroatoms. The van der Waals surface area contributed by atoms with E-state index in [1.54, 1.807) is 69.0 Å². The molecule has 0 bridgehead atoms. The fraction of sp³-hybridized carbons (Fsp3) is 0.368. The third kappa shape index (κ3) is 11.6. The number of hydrogen-bond acceptors (Lipinski definition) is 9. The van der Waals surface area contributed by atoms with E-state index < -0.39 is 26.1 Å². The number of pyridine rings is 2. The molecule has 2 aromatic heterocycles. The lowest BCUT2D eigenvalue weighted by Gasteiger charge is -2.17. The summed E-state index contributed by atoms with van der Waals surface area (Å²) in [5.74, 6) is -0.591. The zero-order valence-corrected chi connectivity index (χ0v) is 32.2. The van der Waals surface area contributed by atoms with Gasteiger partial charge in [-0.2, -0.15) is 4.99 Å². The Morgan fingerprint density at radius 1 is 0.778 bits per heavy atom. The first-order valence-electron chi connectivity index (χ1n) is 17.4. The second-order valence-corrected chi connectivity index (χ2v) is 17.2. The number of halogens is 2. The first kappa shape index (κ1) is 41.9. The number of aromatic nitrogens is 2. The lowest BCUT2D eigenvalue weighted by atomic mass is 9.97. The summed E-state index contributed by atoms with van der Waals surface area (Å²) in [7, 11) is -6.97. The van der Waals surface area contributed by atoms with Crippen molar-refractivity contribution in [2.24, 2.45) is 22.0 Å². The molecule has 12 nitrogen and oxygen atoms in total. The molecule has 2 aliphatic rings. The maximum absolute atomic E-state index is 14.5. The van der Waals surface area contributed by atoms with E-state index in [-0.39, 0.29) is 35.0 Å². The van der Waals surface area contributed by atoms with Crippen molar-refractivity contribution in [2.75, 3.05) is 16.8 Å². The topological polar surface area (TPSA) is 191 Å². The van der Waals surface area contributed by atoms with Crippen LogP contribution in [0.15, 0.2) is 66.2 Å². The minimum atomic E-state index is -3.75.